The van der Waals surface area contributed by atoms with Gasteiger partial charge in [-0.05, 0) is 25.8 Å². The number of ether oxygens (including phenoxy) is 2. The predicted molar refractivity (Wildman–Crippen MR) is 84.2 cm³/mol. The van der Waals surface area contributed by atoms with Gasteiger partial charge in [0.25, 0.3) is 0 Å². The molecule has 0 aliphatic rings. The molecule has 0 bridgehead atoms. The van der Waals surface area contributed by atoms with Crippen molar-refractivity contribution in [1.82, 2.24) is 5.32 Å². The Bertz CT molecular complexity index is 179. The van der Waals surface area contributed by atoms with Crippen LogP contribution in [0.2, 0.25) is 0 Å². The summed E-state index contributed by atoms with van der Waals surface area (Å²) in [6, 6.07) is 0. The van der Waals surface area contributed by atoms with Crippen LogP contribution in [0.4, 0.5) is 0 Å². The van der Waals surface area contributed by atoms with Gasteiger partial charge in [0.2, 0.25) is 0 Å². The summed E-state index contributed by atoms with van der Waals surface area (Å²) in [6.45, 7) is 5.81. The molecule has 4 heteroatoms. The summed E-state index contributed by atoms with van der Waals surface area (Å²) in [6.07, 6.45) is 9.39. The van der Waals surface area contributed by atoms with E-state index in [1.165, 1.54) is 32.1 Å². The molecule has 0 aromatic heterocycles. The summed E-state index contributed by atoms with van der Waals surface area (Å²) in [4.78, 5) is 0. The fourth-order valence-corrected chi connectivity index (χ4v) is 2.03. The molecule has 0 aromatic carbocycles. The highest BCUT2D eigenvalue weighted by Crippen LogP contribution is 2.04. The maximum atomic E-state index is 9.71. The van der Waals surface area contributed by atoms with Crippen molar-refractivity contribution in [2.24, 2.45) is 0 Å². The lowest BCUT2D eigenvalue weighted by atomic mass is 10.1. The summed E-state index contributed by atoms with van der Waals surface area (Å²) in [5.41, 5.74) is 0. The van der Waals surface area contributed by atoms with E-state index in [9.17, 15) is 5.11 Å². The molecule has 0 aliphatic carbocycles. The molecule has 0 rings (SSSR count). The van der Waals surface area contributed by atoms with Crippen LogP contribution in [0.5, 0.6) is 0 Å². The molecule has 0 saturated heterocycles. The molecule has 0 amide bonds. The molecule has 0 heterocycles. The summed E-state index contributed by atoms with van der Waals surface area (Å²) in [5.74, 6) is 0. The lowest BCUT2D eigenvalue weighted by Gasteiger charge is -2.12. The quantitative estimate of drug-likeness (QED) is 0.429. The van der Waals surface area contributed by atoms with Crippen LogP contribution in [0.1, 0.15) is 58.3 Å². The normalized spacial score (nSPS) is 12.8. The smallest absolute Gasteiger partial charge is 0.0897 e. The Morgan fingerprint density at radius 1 is 0.950 bits per heavy atom. The Hall–Kier alpha value is -0.160. The molecular weight excluding hydrogens is 254 g/mol. The molecule has 0 radical (unpaired) electrons. The number of aliphatic hydroxyl groups is 1. The average Bonchev–Trinajstić information content (AvgIpc) is 2.45. The minimum atomic E-state index is -0.391. The molecule has 0 fully saturated rings. The first-order valence-electron chi connectivity index (χ1n) is 8.26. The van der Waals surface area contributed by atoms with Crippen LogP contribution in [0.15, 0.2) is 0 Å². The average molecular weight is 289 g/mol. The molecule has 20 heavy (non-hydrogen) atoms. The minimum Gasteiger partial charge on any atom is -0.389 e. The molecule has 0 aliphatic heterocycles. The number of hydrogen-bond acceptors (Lipinski definition) is 4. The van der Waals surface area contributed by atoms with Crippen molar-refractivity contribution < 1.29 is 14.6 Å². The number of unbranched alkanes of at least 4 members (excludes halogenated alkanes) is 6. The van der Waals surface area contributed by atoms with E-state index in [4.69, 9.17) is 9.47 Å². The van der Waals surface area contributed by atoms with Crippen molar-refractivity contribution in [3.8, 4) is 0 Å². The topological polar surface area (TPSA) is 50.7 Å². The molecule has 122 valence electrons. The minimum absolute atomic E-state index is 0.391. The lowest BCUT2D eigenvalue weighted by molar-refractivity contribution is 0.0354. The van der Waals surface area contributed by atoms with Crippen LogP contribution in [0.25, 0.3) is 0 Å². The van der Waals surface area contributed by atoms with Gasteiger partial charge in [-0.2, -0.15) is 0 Å². The summed E-state index contributed by atoms with van der Waals surface area (Å²) in [7, 11) is 1.72. The van der Waals surface area contributed by atoms with E-state index in [0.29, 0.717) is 13.2 Å². The van der Waals surface area contributed by atoms with Gasteiger partial charge in [0.1, 0.15) is 0 Å². The SMILES string of the molecule is CCCCCCCCOCC(O)CNCCCCOC. The Labute approximate surface area is 125 Å². The van der Waals surface area contributed by atoms with Gasteiger partial charge in [0.15, 0.2) is 0 Å². The fraction of sp³-hybridized carbons (Fsp3) is 1.00. The van der Waals surface area contributed by atoms with Gasteiger partial charge in [-0.25, -0.2) is 0 Å². The van der Waals surface area contributed by atoms with Crippen molar-refractivity contribution in [1.29, 1.82) is 0 Å². The van der Waals surface area contributed by atoms with Gasteiger partial charge < -0.3 is 19.9 Å². The van der Waals surface area contributed by atoms with E-state index in [0.717, 1.165) is 39.0 Å². The number of hydrogen-bond donors (Lipinski definition) is 2. The van der Waals surface area contributed by atoms with Crippen molar-refractivity contribution in [2.45, 2.75) is 64.4 Å². The van der Waals surface area contributed by atoms with E-state index in [1.54, 1.807) is 7.11 Å². The molecule has 0 aromatic rings. The molecular formula is C16H35NO3. The monoisotopic (exact) mass is 289 g/mol. The van der Waals surface area contributed by atoms with E-state index >= 15 is 0 Å². The van der Waals surface area contributed by atoms with Crippen LogP contribution >= 0.6 is 0 Å². The Balaban J connectivity index is 3.10. The zero-order chi connectivity index (χ0) is 14.9. The van der Waals surface area contributed by atoms with Gasteiger partial charge in [-0.1, -0.05) is 39.0 Å². The van der Waals surface area contributed by atoms with Crippen LogP contribution < -0.4 is 5.32 Å². The summed E-state index contributed by atoms with van der Waals surface area (Å²) < 4.78 is 10.5. The maximum Gasteiger partial charge on any atom is 0.0897 e. The molecule has 0 saturated carbocycles. The lowest BCUT2D eigenvalue weighted by Crippen LogP contribution is -2.31. The number of methoxy groups -OCH3 is 1. The highest BCUT2D eigenvalue weighted by Gasteiger charge is 2.03. The van der Waals surface area contributed by atoms with Gasteiger partial charge in [0, 0.05) is 26.9 Å². The predicted octanol–water partition coefficient (Wildman–Crippen LogP) is 2.74. The van der Waals surface area contributed by atoms with E-state index in [1.807, 2.05) is 0 Å². The van der Waals surface area contributed by atoms with E-state index in [-0.39, 0.29) is 0 Å². The zero-order valence-corrected chi connectivity index (χ0v) is 13.5. The second kappa shape index (κ2) is 16.9. The number of rotatable bonds is 16. The van der Waals surface area contributed by atoms with E-state index < -0.39 is 6.10 Å². The van der Waals surface area contributed by atoms with Gasteiger partial charge >= 0.3 is 0 Å². The Morgan fingerprint density at radius 2 is 1.65 bits per heavy atom. The van der Waals surface area contributed by atoms with E-state index in [2.05, 4.69) is 12.2 Å². The van der Waals surface area contributed by atoms with Crippen molar-refractivity contribution in [2.75, 3.05) is 40.0 Å². The van der Waals surface area contributed by atoms with Gasteiger partial charge in [-0.15, -0.1) is 0 Å². The van der Waals surface area contributed by atoms with Crippen molar-refractivity contribution in [3.05, 3.63) is 0 Å². The highest BCUT2D eigenvalue weighted by molar-refractivity contribution is 4.58. The first-order valence-corrected chi connectivity index (χ1v) is 8.26. The van der Waals surface area contributed by atoms with Crippen LogP contribution in [0.3, 0.4) is 0 Å². The van der Waals surface area contributed by atoms with Crippen molar-refractivity contribution >= 4 is 0 Å². The fourth-order valence-electron chi connectivity index (χ4n) is 2.03. The second-order valence-corrected chi connectivity index (χ2v) is 5.40. The third-order valence-corrected chi connectivity index (χ3v) is 3.28. The molecule has 2 N–H and O–H groups in total. The van der Waals surface area contributed by atoms with Crippen molar-refractivity contribution in [3.63, 3.8) is 0 Å². The van der Waals surface area contributed by atoms with Crippen LogP contribution in [0, 0.1) is 0 Å². The second-order valence-electron chi connectivity index (χ2n) is 5.40. The molecule has 4 nitrogen and oxygen atoms in total. The van der Waals surface area contributed by atoms with Crippen LogP contribution in [-0.4, -0.2) is 51.2 Å². The maximum absolute atomic E-state index is 9.71. The summed E-state index contributed by atoms with van der Waals surface area (Å²) >= 11 is 0. The van der Waals surface area contributed by atoms with Gasteiger partial charge in [0.05, 0.1) is 12.7 Å². The molecule has 1 unspecified atom stereocenters. The first-order chi connectivity index (χ1) is 9.81. The standard InChI is InChI=1S/C16H35NO3/c1-3-4-5-6-7-9-13-20-15-16(18)14-17-11-8-10-12-19-2/h16-18H,3-15H2,1-2H3. The Morgan fingerprint density at radius 3 is 2.40 bits per heavy atom. The van der Waals surface area contributed by atoms with Gasteiger partial charge in [-0.3, -0.25) is 0 Å². The summed E-state index contributed by atoms with van der Waals surface area (Å²) in [5, 5.41) is 12.9. The highest BCUT2D eigenvalue weighted by atomic mass is 16.5. The van der Waals surface area contributed by atoms with Crippen LogP contribution in [-0.2, 0) is 9.47 Å². The third-order valence-electron chi connectivity index (χ3n) is 3.28. The Kier molecular flexibility index (Phi) is 16.8. The largest absolute Gasteiger partial charge is 0.389 e. The number of aliphatic hydroxyl groups excluding tert-OH is 1. The zero-order valence-electron chi connectivity index (χ0n) is 13.5. The third kappa shape index (κ3) is 15.9. The first kappa shape index (κ1) is 19.8. The molecule has 0 spiro atoms. The number of nitrogens with one attached hydrogen (secondary N) is 1. The molecule has 1 atom stereocenters.